The summed E-state index contributed by atoms with van der Waals surface area (Å²) in [5.74, 6) is 0.381. The van der Waals surface area contributed by atoms with Crippen LogP contribution in [-0.4, -0.2) is 21.3 Å². The minimum Gasteiger partial charge on any atom is -0.321 e. The van der Waals surface area contributed by atoms with Gasteiger partial charge in [0.25, 0.3) is 0 Å². The van der Waals surface area contributed by atoms with Gasteiger partial charge < -0.3 is 4.90 Å². The quantitative estimate of drug-likeness (QED) is 0.677. The van der Waals surface area contributed by atoms with Crippen molar-refractivity contribution in [2.75, 3.05) is 11.4 Å². The van der Waals surface area contributed by atoms with Crippen LogP contribution in [0, 0.1) is 0 Å². The average Bonchev–Trinajstić information content (AvgIpc) is 3.03. The van der Waals surface area contributed by atoms with Crippen LogP contribution in [0.1, 0.15) is 17.0 Å². The first-order valence-corrected chi connectivity index (χ1v) is 8.03. The van der Waals surface area contributed by atoms with E-state index in [9.17, 15) is 13.2 Å². The Morgan fingerprint density at radius 1 is 1.04 bits per heavy atom. The molecule has 0 amide bonds. The highest BCUT2D eigenvalue weighted by molar-refractivity contribution is 5.92. The van der Waals surface area contributed by atoms with Crippen LogP contribution < -0.4 is 4.90 Å². The summed E-state index contributed by atoms with van der Waals surface area (Å²) < 4.78 is 40.5. The number of anilines is 2. The minimum atomic E-state index is -4.48. The van der Waals surface area contributed by atoms with E-state index in [-0.39, 0.29) is 0 Å². The summed E-state index contributed by atoms with van der Waals surface area (Å²) >= 11 is 0. The zero-order valence-electron chi connectivity index (χ0n) is 13.9. The summed E-state index contributed by atoms with van der Waals surface area (Å²) in [7, 11) is 1.52. The number of aryl methyl sites for hydroxylation is 1. The molecule has 0 aliphatic carbocycles. The maximum absolute atomic E-state index is 13.1. The van der Waals surface area contributed by atoms with Gasteiger partial charge in [0.05, 0.1) is 12.2 Å². The molecule has 0 fully saturated rings. The zero-order valence-corrected chi connectivity index (χ0v) is 13.9. The van der Waals surface area contributed by atoms with E-state index in [1.54, 1.807) is 6.20 Å². The summed E-state index contributed by atoms with van der Waals surface area (Å²) in [4.78, 5) is 6.21. The highest BCUT2D eigenvalue weighted by Crippen LogP contribution is 2.39. The molecule has 1 aromatic carbocycles. The fourth-order valence-electron chi connectivity index (χ4n) is 3.10. The number of alkyl halides is 3. The normalized spacial score (nSPS) is 14.2. The highest BCUT2D eigenvalue weighted by atomic mass is 19.4. The van der Waals surface area contributed by atoms with Crippen molar-refractivity contribution in [3.8, 4) is 0 Å². The smallest absolute Gasteiger partial charge is 0.321 e. The molecule has 0 atom stereocenters. The van der Waals surface area contributed by atoms with E-state index >= 15 is 0 Å². The molecule has 0 N–H and O–H groups in total. The average molecular weight is 356 g/mol. The number of halogens is 3. The van der Waals surface area contributed by atoms with Crippen molar-refractivity contribution in [2.45, 2.75) is 6.18 Å². The van der Waals surface area contributed by atoms with Gasteiger partial charge in [0.2, 0.25) is 0 Å². The molecular weight excluding hydrogens is 341 g/mol. The van der Waals surface area contributed by atoms with E-state index in [1.165, 1.54) is 11.7 Å². The molecule has 4 rings (SSSR count). The highest BCUT2D eigenvalue weighted by Gasteiger charge is 2.36. The van der Waals surface area contributed by atoms with Crippen molar-refractivity contribution in [2.24, 2.45) is 7.05 Å². The van der Waals surface area contributed by atoms with Crippen molar-refractivity contribution in [3.63, 3.8) is 0 Å². The van der Waals surface area contributed by atoms with Crippen LogP contribution >= 0.6 is 0 Å². The SMILES string of the molecule is Cn1nc(C(F)(F)F)cc1N1CC(c2ccccn2)=Cc2ccccc21. The van der Waals surface area contributed by atoms with Crippen LogP contribution in [-0.2, 0) is 13.2 Å². The van der Waals surface area contributed by atoms with Gasteiger partial charge in [-0.05, 0) is 35.4 Å². The van der Waals surface area contributed by atoms with E-state index in [2.05, 4.69) is 10.1 Å². The van der Waals surface area contributed by atoms with Gasteiger partial charge in [-0.2, -0.15) is 18.3 Å². The first kappa shape index (κ1) is 16.4. The van der Waals surface area contributed by atoms with Crippen LogP contribution in [0.4, 0.5) is 24.7 Å². The van der Waals surface area contributed by atoms with Gasteiger partial charge in [-0.3, -0.25) is 9.67 Å². The van der Waals surface area contributed by atoms with Crippen molar-refractivity contribution in [1.29, 1.82) is 0 Å². The number of benzene rings is 1. The lowest BCUT2D eigenvalue weighted by molar-refractivity contribution is -0.141. The third kappa shape index (κ3) is 2.85. The van der Waals surface area contributed by atoms with Crippen molar-refractivity contribution >= 4 is 23.2 Å². The van der Waals surface area contributed by atoms with E-state index in [0.29, 0.717) is 12.4 Å². The number of fused-ring (bicyclic) bond motifs is 1. The Labute approximate surface area is 148 Å². The van der Waals surface area contributed by atoms with Gasteiger partial charge in [0.15, 0.2) is 5.69 Å². The molecule has 0 radical (unpaired) electrons. The van der Waals surface area contributed by atoms with Crippen molar-refractivity contribution in [3.05, 3.63) is 71.7 Å². The van der Waals surface area contributed by atoms with Gasteiger partial charge in [-0.25, -0.2) is 0 Å². The van der Waals surface area contributed by atoms with E-state index in [1.807, 2.05) is 53.4 Å². The lowest BCUT2D eigenvalue weighted by Crippen LogP contribution is -2.25. The second-order valence-electron chi connectivity index (χ2n) is 6.04. The van der Waals surface area contributed by atoms with Gasteiger partial charge in [0.1, 0.15) is 5.82 Å². The summed E-state index contributed by atoms with van der Waals surface area (Å²) in [5.41, 5.74) is 2.59. The Kier molecular flexibility index (Phi) is 3.79. The Morgan fingerprint density at radius 3 is 2.50 bits per heavy atom. The Hall–Kier alpha value is -3.09. The molecule has 4 nitrogen and oxygen atoms in total. The third-order valence-corrected chi connectivity index (χ3v) is 4.30. The van der Waals surface area contributed by atoms with Gasteiger partial charge in [-0.15, -0.1) is 0 Å². The Balaban J connectivity index is 1.83. The molecule has 3 heterocycles. The molecule has 0 unspecified atom stereocenters. The minimum absolute atomic E-state index is 0.381. The van der Waals surface area contributed by atoms with Crippen LogP contribution in [0.25, 0.3) is 11.6 Å². The second-order valence-corrected chi connectivity index (χ2v) is 6.04. The third-order valence-electron chi connectivity index (χ3n) is 4.30. The maximum Gasteiger partial charge on any atom is 0.435 e. The first-order valence-electron chi connectivity index (χ1n) is 8.03. The number of hydrogen-bond acceptors (Lipinski definition) is 3. The van der Waals surface area contributed by atoms with Gasteiger partial charge >= 0.3 is 6.18 Å². The molecule has 1 aliphatic heterocycles. The van der Waals surface area contributed by atoms with E-state index in [4.69, 9.17) is 0 Å². The molecule has 132 valence electrons. The fraction of sp³-hybridized carbons (Fsp3) is 0.158. The van der Waals surface area contributed by atoms with Gasteiger partial charge in [0, 0.05) is 25.0 Å². The van der Waals surface area contributed by atoms with Crippen LogP contribution in [0.5, 0.6) is 0 Å². The summed E-state index contributed by atoms with van der Waals surface area (Å²) in [6, 6.07) is 14.3. The van der Waals surface area contributed by atoms with Gasteiger partial charge in [-0.1, -0.05) is 24.3 Å². The standard InChI is InChI=1S/C19H15F3N4/c1-25-18(11-17(24-25)19(20,21)22)26-12-14(15-7-4-5-9-23-15)10-13-6-2-3-8-16(13)26/h2-11H,12H2,1H3. The largest absolute Gasteiger partial charge is 0.435 e. The predicted octanol–water partition coefficient (Wildman–Crippen LogP) is 4.53. The van der Waals surface area contributed by atoms with Crippen LogP contribution in [0.3, 0.4) is 0 Å². The molecule has 2 aromatic heterocycles. The molecule has 0 saturated carbocycles. The number of rotatable bonds is 2. The molecule has 7 heteroatoms. The number of para-hydroxylation sites is 1. The molecule has 0 spiro atoms. The topological polar surface area (TPSA) is 34.0 Å². The monoisotopic (exact) mass is 356 g/mol. The van der Waals surface area contributed by atoms with Crippen molar-refractivity contribution < 1.29 is 13.2 Å². The molecule has 0 saturated heterocycles. The Morgan fingerprint density at radius 2 is 1.81 bits per heavy atom. The second kappa shape index (κ2) is 6.01. The number of aromatic nitrogens is 3. The predicted molar refractivity (Wildman–Crippen MR) is 93.8 cm³/mol. The molecule has 1 aliphatic rings. The van der Waals surface area contributed by atoms with Crippen LogP contribution in [0.15, 0.2) is 54.7 Å². The number of pyridine rings is 1. The fourth-order valence-corrected chi connectivity index (χ4v) is 3.10. The summed E-state index contributed by atoms with van der Waals surface area (Å²) in [6.45, 7) is 0.408. The van der Waals surface area contributed by atoms with Crippen LogP contribution in [0.2, 0.25) is 0 Å². The molecular formula is C19H15F3N4. The van der Waals surface area contributed by atoms with E-state index < -0.39 is 11.9 Å². The molecule has 26 heavy (non-hydrogen) atoms. The zero-order chi connectivity index (χ0) is 18.3. The van der Waals surface area contributed by atoms with Crippen molar-refractivity contribution in [1.82, 2.24) is 14.8 Å². The molecule has 3 aromatic rings. The lowest BCUT2D eigenvalue weighted by Gasteiger charge is -2.30. The maximum atomic E-state index is 13.1. The summed E-state index contributed by atoms with van der Waals surface area (Å²) in [5, 5.41) is 3.64. The van der Waals surface area contributed by atoms with E-state index in [0.717, 1.165) is 28.6 Å². The lowest BCUT2D eigenvalue weighted by atomic mass is 10.00. The summed E-state index contributed by atoms with van der Waals surface area (Å²) in [6.07, 6.45) is -0.757. The number of nitrogens with zero attached hydrogens (tertiary/aromatic N) is 4. The molecule has 0 bridgehead atoms. The Bertz CT molecular complexity index is 974. The number of hydrogen-bond donors (Lipinski definition) is 0. The first-order chi connectivity index (χ1) is 12.4.